The lowest BCUT2D eigenvalue weighted by molar-refractivity contribution is -0.142. The molecule has 1 amide bonds. The molecule has 0 saturated heterocycles. The second kappa shape index (κ2) is 6.78. The van der Waals surface area contributed by atoms with Gasteiger partial charge < -0.3 is 15.5 Å². The lowest BCUT2D eigenvalue weighted by Gasteiger charge is -2.16. The molecule has 0 saturated carbocycles. The molecule has 0 aliphatic carbocycles. The first-order valence-electron chi connectivity index (χ1n) is 6.19. The zero-order chi connectivity index (χ0) is 14.4. The van der Waals surface area contributed by atoms with Crippen LogP contribution in [0.15, 0.2) is 24.3 Å². The molecule has 0 heterocycles. The Morgan fingerprint density at radius 1 is 1.26 bits per heavy atom. The van der Waals surface area contributed by atoms with E-state index in [-0.39, 0.29) is 18.1 Å². The molecule has 1 aromatic rings. The highest BCUT2D eigenvalue weighted by atomic mass is 16.4. The number of rotatable bonds is 6. The quantitative estimate of drug-likeness (QED) is 0.728. The molecule has 0 fully saturated rings. The lowest BCUT2D eigenvalue weighted by Crippen LogP contribution is -2.42. The van der Waals surface area contributed by atoms with E-state index in [2.05, 4.69) is 5.32 Å². The van der Waals surface area contributed by atoms with E-state index < -0.39 is 17.9 Å². The van der Waals surface area contributed by atoms with Crippen molar-refractivity contribution in [1.82, 2.24) is 5.32 Å². The molecule has 0 radical (unpaired) electrons. The van der Waals surface area contributed by atoms with Crippen molar-refractivity contribution < 1.29 is 19.8 Å². The van der Waals surface area contributed by atoms with E-state index in [0.29, 0.717) is 12.0 Å². The first-order valence-corrected chi connectivity index (χ1v) is 6.19. The number of phenols is 1. The van der Waals surface area contributed by atoms with Gasteiger partial charge in [0, 0.05) is 5.56 Å². The third-order valence-electron chi connectivity index (χ3n) is 2.68. The monoisotopic (exact) mass is 265 g/mol. The molecule has 1 atom stereocenters. The van der Waals surface area contributed by atoms with E-state index >= 15 is 0 Å². The highest BCUT2D eigenvalue weighted by molar-refractivity contribution is 5.85. The highest BCUT2D eigenvalue weighted by Crippen LogP contribution is 2.16. The number of carboxylic acid groups (broad SMARTS) is 1. The van der Waals surface area contributed by atoms with Crippen molar-refractivity contribution in [2.24, 2.45) is 5.92 Å². The number of nitrogens with one attached hydrogen (secondary N) is 1. The maximum Gasteiger partial charge on any atom is 0.326 e. The molecule has 0 spiro atoms. The van der Waals surface area contributed by atoms with E-state index in [4.69, 9.17) is 5.11 Å². The molecule has 0 bridgehead atoms. The van der Waals surface area contributed by atoms with Crippen LogP contribution in [0.3, 0.4) is 0 Å². The Morgan fingerprint density at radius 3 is 2.42 bits per heavy atom. The van der Waals surface area contributed by atoms with Crippen LogP contribution in [0.2, 0.25) is 0 Å². The number of phenolic OH excluding ortho intramolecular Hbond substituents is 1. The van der Waals surface area contributed by atoms with Gasteiger partial charge in [-0.15, -0.1) is 0 Å². The Morgan fingerprint density at radius 2 is 1.89 bits per heavy atom. The Hall–Kier alpha value is -2.04. The number of carboxylic acids is 1. The second-order valence-corrected chi connectivity index (χ2v) is 4.89. The fourth-order valence-corrected chi connectivity index (χ4v) is 1.77. The van der Waals surface area contributed by atoms with Crippen LogP contribution in [0.1, 0.15) is 25.8 Å². The Labute approximate surface area is 112 Å². The third-order valence-corrected chi connectivity index (χ3v) is 2.68. The number of carbonyl (C=O) groups excluding carboxylic acids is 1. The predicted molar refractivity (Wildman–Crippen MR) is 70.8 cm³/mol. The number of hydrogen-bond donors (Lipinski definition) is 3. The molecule has 3 N–H and O–H groups in total. The van der Waals surface area contributed by atoms with Gasteiger partial charge in [-0.05, 0) is 18.4 Å². The average Bonchev–Trinajstić information content (AvgIpc) is 2.30. The van der Waals surface area contributed by atoms with Gasteiger partial charge in [0.25, 0.3) is 0 Å². The molecule has 104 valence electrons. The zero-order valence-corrected chi connectivity index (χ0v) is 11.1. The molecule has 1 rings (SSSR count). The summed E-state index contributed by atoms with van der Waals surface area (Å²) in [5, 5.41) is 21.1. The number of aromatic hydroxyl groups is 1. The maximum atomic E-state index is 11.8. The molecule has 19 heavy (non-hydrogen) atoms. The fraction of sp³-hybridized carbons (Fsp3) is 0.429. The largest absolute Gasteiger partial charge is 0.508 e. The SMILES string of the molecule is CC(C)CC(NC(=O)Cc1ccccc1O)C(=O)O. The lowest BCUT2D eigenvalue weighted by atomic mass is 10.0. The normalized spacial score (nSPS) is 12.2. The highest BCUT2D eigenvalue weighted by Gasteiger charge is 2.21. The van der Waals surface area contributed by atoms with Crippen molar-refractivity contribution in [3.05, 3.63) is 29.8 Å². The number of para-hydroxylation sites is 1. The smallest absolute Gasteiger partial charge is 0.326 e. The Kier molecular flexibility index (Phi) is 5.36. The van der Waals surface area contributed by atoms with Crippen LogP contribution in [-0.2, 0) is 16.0 Å². The number of carbonyl (C=O) groups is 2. The van der Waals surface area contributed by atoms with Gasteiger partial charge in [-0.3, -0.25) is 4.79 Å². The van der Waals surface area contributed by atoms with E-state index in [1.165, 1.54) is 6.07 Å². The molecule has 1 unspecified atom stereocenters. The van der Waals surface area contributed by atoms with Gasteiger partial charge in [-0.1, -0.05) is 32.0 Å². The Balaban J connectivity index is 2.63. The first kappa shape index (κ1) is 15.0. The second-order valence-electron chi connectivity index (χ2n) is 4.89. The molecule has 1 aromatic carbocycles. The molecular weight excluding hydrogens is 246 g/mol. The predicted octanol–water partition coefficient (Wildman–Crippen LogP) is 1.55. The van der Waals surface area contributed by atoms with Gasteiger partial charge in [0.05, 0.1) is 6.42 Å². The number of hydrogen-bond acceptors (Lipinski definition) is 3. The van der Waals surface area contributed by atoms with Crippen molar-refractivity contribution in [3.8, 4) is 5.75 Å². The summed E-state index contributed by atoms with van der Waals surface area (Å²) in [5.74, 6) is -1.24. The summed E-state index contributed by atoms with van der Waals surface area (Å²) in [4.78, 5) is 22.8. The van der Waals surface area contributed by atoms with Crippen LogP contribution in [0.5, 0.6) is 5.75 Å². The molecule has 0 aliphatic rings. The fourth-order valence-electron chi connectivity index (χ4n) is 1.77. The van der Waals surface area contributed by atoms with Crippen molar-refractivity contribution in [2.75, 3.05) is 0 Å². The van der Waals surface area contributed by atoms with E-state index in [1.54, 1.807) is 18.2 Å². The average molecular weight is 265 g/mol. The molecule has 0 aliphatic heterocycles. The van der Waals surface area contributed by atoms with Gasteiger partial charge in [0.2, 0.25) is 5.91 Å². The number of benzene rings is 1. The van der Waals surface area contributed by atoms with Gasteiger partial charge in [0.15, 0.2) is 0 Å². The summed E-state index contributed by atoms with van der Waals surface area (Å²) in [5.41, 5.74) is 0.480. The van der Waals surface area contributed by atoms with Crippen LogP contribution in [0.4, 0.5) is 0 Å². The topological polar surface area (TPSA) is 86.6 Å². The van der Waals surface area contributed by atoms with Crippen LogP contribution < -0.4 is 5.32 Å². The van der Waals surface area contributed by atoms with Crippen LogP contribution >= 0.6 is 0 Å². The van der Waals surface area contributed by atoms with Crippen molar-refractivity contribution in [3.63, 3.8) is 0 Å². The maximum absolute atomic E-state index is 11.8. The Bertz CT molecular complexity index is 457. The molecule has 0 aromatic heterocycles. The van der Waals surface area contributed by atoms with E-state index in [0.717, 1.165) is 0 Å². The summed E-state index contributed by atoms with van der Waals surface area (Å²) in [6.07, 6.45) is 0.344. The minimum atomic E-state index is -1.04. The first-order chi connectivity index (χ1) is 8.90. The van der Waals surface area contributed by atoms with Crippen molar-refractivity contribution in [1.29, 1.82) is 0 Å². The van der Waals surface area contributed by atoms with Crippen molar-refractivity contribution in [2.45, 2.75) is 32.7 Å². The number of aliphatic carboxylic acids is 1. The number of amides is 1. The summed E-state index contributed by atoms with van der Waals surface area (Å²) >= 11 is 0. The van der Waals surface area contributed by atoms with Crippen LogP contribution in [0, 0.1) is 5.92 Å². The molecular formula is C14H19NO4. The van der Waals surface area contributed by atoms with Gasteiger partial charge in [-0.2, -0.15) is 0 Å². The van der Waals surface area contributed by atoms with Crippen molar-refractivity contribution >= 4 is 11.9 Å². The molecule has 5 heteroatoms. The minimum Gasteiger partial charge on any atom is -0.508 e. The van der Waals surface area contributed by atoms with Crippen LogP contribution in [0.25, 0.3) is 0 Å². The van der Waals surface area contributed by atoms with Gasteiger partial charge in [0.1, 0.15) is 11.8 Å². The standard InChI is InChI=1S/C14H19NO4/c1-9(2)7-11(14(18)19)15-13(17)8-10-5-3-4-6-12(10)16/h3-6,9,11,16H,7-8H2,1-2H3,(H,15,17)(H,18,19). The summed E-state index contributed by atoms with van der Waals surface area (Å²) in [6.45, 7) is 3.79. The zero-order valence-electron chi connectivity index (χ0n) is 11.1. The third kappa shape index (κ3) is 4.99. The summed E-state index contributed by atoms with van der Waals surface area (Å²) in [7, 11) is 0. The van der Waals surface area contributed by atoms with Gasteiger partial charge >= 0.3 is 5.97 Å². The minimum absolute atomic E-state index is 0.0332. The van der Waals surface area contributed by atoms with E-state index in [1.807, 2.05) is 13.8 Å². The summed E-state index contributed by atoms with van der Waals surface area (Å²) in [6, 6.07) is 5.61. The van der Waals surface area contributed by atoms with E-state index in [9.17, 15) is 14.7 Å². The molecule has 5 nitrogen and oxygen atoms in total. The van der Waals surface area contributed by atoms with Gasteiger partial charge in [-0.25, -0.2) is 4.79 Å². The summed E-state index contributed by atoms with van der Waals surface area (Å²) < 4.78 is 0. The van der Waals surface area contributed by atoms with Crippen LogP contribution in [-0.4, -0.2) is 28.1 Å².